The molecule has 104 valence electrons. The summed E-state index contributed by atoms with van der Waals surface area (Å²) in [7, 11) is 0. The molecule has 0 aliphatic rings. The van der Waals surface area contributed by atoms with Gasteiger partial charge in [0.2, 0.25) is 0 Å². The molecular formula is C15H14O5. The lowest BCUT2D eigenvalue weighted by Gasteiger charge is -2.04. The third kappa shape index (κ3) is 1.82. The smallest absolute Gasteiger partial charge is 0.303 e. The van der Waals surface area contributed by atoms with Gasteiger partial charge in [0, 0.05) is 17.4 Å². The standard InChI is InChI=1S/C15H14O5/c1-7-5-10-9(3-4-12(16)17)14-11(6-8(2)19-14)13(18)15(10)20-7/h5-6,18H,3-4H2,1-2H3,(H,16,17). The molecule has 2 heterocycles. The molecule has 0 saturated carbocycles. The lowest BCUT2D eigenvalue weighted by molar-refractivity contribution is -0.136. The zero-order chi connectivity index (χ0) is 14.4. The molecule has 2 aromatic heterocycles. The Balaban J connectivity index is 2.35. The van der Waals surface area contributed by atoms with Crippen molar-refractivity contribution < 1.29 is 23.8 Å². The van der Waals surface area contributed by atoms with Crippen LogP contribution in [0.3, 0.4) is 0 Å². The van der Waals surface area contributed by atoms with Crippen molar-refractivity contribution in [2.24, 2.45) is 0 Å². The number of benzene rings is 1. The van der Waals surface area contributed by atoms with Gasteiger partial charge in [-0.05, 0) is 32.4 Å². The van der Waals surface area contributed by atoms with Crippen LogP contribution in [0, 0.1) is 13.8 Å². The highest BCUT2D eigenvalue weighted by Gasteiger charge is 2.20. The molecular weight excluding hydrogens is 260 g/mol. The highest BCUT2D eigenvalue weighted by Crippen LogP contribution is 2.41. The van der Waals surface area contributed by atoms with Gasteiger partial charge < -0.3 is 19.0 Å². The third-order valence-electron chi connectivity index (χ3n) is 3.37. The van der Waals surface area contributed by atoms with Gasteiger partial charge in [-0.1, -0.05) is 0 Å². The predicted molar refractivity (Wildman–Crippen MR) is 73.1 cm³/mol. The fourth-order valence-corrected chi connectivity index (χ4v) is 2.55. The number of aryl methyl sites for hydroxylation is 3. The van der Waals surface area contributed by atoms with Gasteiger partial charge in [0.25, 0.3) is 0 Å². The number of carboxylic acids is 1. The SMILES string of the molecule is Cc1cc2c(CCC(=O)O)c3oc(C)cc3c(O)c2o1. The lowest BCUT2D eigenvalue weighted by atomic mass is 10.0. The molecule has 3 aromatic rings. The van der Waals surface area contributed by atoms with Crippen LogP contribution in [0.2, 0.25) is 0 Å². The molecule has 0 saturated heterocycles. The van der Waals surface area contributed by atoms with Crippen molar-refractivity contribution in [3.63, 3.8) is 0 Å². The van der Waals surface area contributed by atoms with Gasteiger partial charge in [-0.2, -0.15) is 0 Å². The van der Waals surface area contributed by atoms with Crippen LogP contribution in [-0.4, -0.2) is 16.2 Å². The van der Waals surface area contributed by atoms with E-state index >= 15 is 0 Å². The number of rotatable bonds is 3. The average Bonchev–Trinajstić information content (AvgIpc) is 2.92. The summed E-state index contributed by atoms with van der Waals surface area (Å²) in [5.41, 5.74) is 1.69. The number of phenols is 1. The fraction of sp³-hybridized carbons (Fsp3) is 0.267. The molecule has 0 unspecified atom stereocenters. The van der Waals surface area contributed by atoms with Gasteiger partial charge in [-0.3, -0.25) is 4.79 Å². The van der Waals surface area contributed by atoms with Gasteiger partial charge in [0.05, 0.1) is 5.39 Å². The molecule has 0 amide bonds. The van der Waals surface area contributed by atoms with Crippen LogP contribution < -0.4 is 0 Å². The molecule has 2 N–H and O–H groups in total. The topological polar surface area (TPSA) is 83.8 Å². The van der Waals surface area contributed by atoms with Crippen LogP contribution in [0.4, 0.5) is 0 Å². The summed E-state index contributed by atoms with van der Waals surface area (Å²) < 4.78 is 11.2. The first kappa shape index (κ1) is 12.6. The maximum absolute atomic E-state index is 10.8. The number of carboxylic acid groups (broad SMARTS) is 1. The van der Waals surface area contributed by atoms with E-state index in [0.717, 1.165) is 5.56 Å². The van der Waals surface area contributed by atoms with E-state index < -0.39 is 5.97 Å². The van der Waals surface area contributed by atoms with E-state index in [0.29, 0.717) is 39.9 Å². The van der Waals surface area contributed by atoms with E-state index in [1.54, 1.807) is 26.0 Å². The summed E-state index contributed by atoms with van der Waals surface area (Å²) in [5, 5.41) is 20.4. The Hall–Kier alpha value is -2.43. The van der Waals surface area contributed by atoms with Crippen molar-refractivity contribution in [2.45, 2.75) is 26.7 Å². The molecule has 5 heteroatoms. The zero-order valence-corrected chi connectivity index (χ0v) is 11.2. The second-order valence-electron chi connectivity index (χ2n) is 4.92. The van der Waals surface area contributed by atoms with Gasteiger partial charge in [0.15, 0.2) is 11.3 Å². The summed E-state index contributed by atoms with van der Waals surface area (Å²) >= 11 is 0. The van der Waals surface area contributed by atoms with E-state index in [1.807, 2.05) is 0 Å². The molecule has 0 radical (unpaired) electrons. The number of phenolic OH excluding ortho intramolecular Hbond substituents is 1. The molecule has 5 nitrogen and oxygen atoms in total. The van der Waals surface area contributed by atoms with Crippen LogP contribution in [0.25, 0.3) is 21.9 Å². The monoisotopic (exact) mass is 274 g/mol. The van der Waals surface area contributed by atoms with Gasteiger partial charge >= 0.3 is 5.97 Å². The third-order valence-corrected chi connectivity index (χ3v) is 3.37. The minimum absolute atomic E-state index is 0.00104. The maximum Gasteiger partial charge on any atom is 0.303 e. The van der Waals surface area contributed by atoms with Crippen LogP contribution in [0.15, 0.2) is 21.0 Å². The fourth-order valence-electron chi connectivity index (χ4n) is 2.55. The van der Waals surface area contributed by atoms with Crippen LogP contribution in [0.5, 0.6) is 5.75 Å². The quantitative estimate of drug-likeness (QED) is 0.763. The molecule has 1 aromatic carbocycles. The lowest BCUT2D eigenvalue weighted by Crippen LogP contribution is -1.98. The highest BCUT2D eigenvalue weighted by molar-refractivity contribution is 6.04. The zero-order valence-electron chi connectivity index (χ0n) is 11.2. The number of aliphatic carboxylic acids is 1. The number of hydrogen-bond donors (Lipinski definition) is 2. The second-order valence-corrected chi connectivity index (χ2v) is 4.92. The first-order chi connectivity index (χ1) is 9.47. The van der Waals surface area contributed by atoms with Crippen molar-refractivity contribution >= 4 is 27.9 Å². The van der Waals surface area contributed by atoms with Crippen LogP contribution in [0.1, 0.15) is 23.5 Å². The van der Waals surface area contributed by atoms with Crippen molar-refractivity contribution in [1.29, 1.82) is 0 Å². The summed E-state index contributed by atoms with van der Waals surface area (Å²) in [6, 6.07) is 3.52. The highest BCUT2D eigenvalue weighted by atomic mass is 16.4. The van der Waals surface area contributed by atoms with Crippen molar-refractivity contribution in [1.82, 2.24) is 0 Å². The Morgan fingerprint density at radius 3 is 2.35 bits per heavy atom. The van der Waals surface area contributed by atoms with E-state index in [1.165, 1.54) is 0 Å². The van der Waals surface area contributed by atoms with Crippen LogP contribution in [-0.2, 0) is 11.2 Å². The Labute approximate surface area is 114 Å². The molecule has 0 atom stereocenters. The molecule has 0 spiro atoms. The Kier molecular flexibility index (Phi) is 2.71. The second kappa shape index (κ2) is 4.30. The van der Waals surface area contributed by atoms with E-state index in [4.69, 9.17) is 13.9 Å². The molecule has 20 heavy (non-hydrogen) atoms. The summed E-state index contributed by atoms with van der Waals surface area (Å²) in [6.07, 6.45) is 0.327. The summed E-state index contributed by atoms with van der Waals surface area (Å²) in [4.78, 5) is 10.8. The van der Waals surface area contributed by atoms with Crippen molar-refractivity contribution in [2.75, 3.05) is 0 Å². The van der Waals surface area contributed by atoms with Crippen molar-refractivity contribution in [3.8, 4) is 5.75 Å². The van der Waals surface area contributed by atoms with E-state index in [9.17, 15) is 9.90 Å². The van der Waals surface area contributed by atoms with E-state index in [-0.39, 0.29) is 12.2 Å². The normalized spacial score (nSPS) is 11.5. The summed E-state index contributed by atoms with van der Waals surface area (Å²) in [5.74, 6) is 0.495. The van der Waals surface area contributed by atoms with Crippen molar-refractivity contribution in [3.05, 3.63) is 29.2 Å². The molecule has 0 fully saturated rings. The molecule has 0 aliphatic heterocycles. The molecule has 0 aliphatic carbocycles. The molecule has 3 rings (SSSR count). The van der Waals surface area contributed by atoms with Gasteiger partial charge in [-0.15, -0.1) is 0 Å². The Bertz CT molecular complexity index is 764. The Morgan fingerprint density at radius 1 is 1.10 bits per heavy atom. The van der Waals surface area contributed by atoms with Crippen LogP contribution >= 0.6 is 0 Å². The number of fused-ring (bicyclic) bond motifs is 2. The Morgan fingerprint density at radius 2 is 1.70 bits per heavy atom. The number of aromatic hydroxyl groups is 1. The minimum atomic E-state index is -0.872. The number of hydrogen-bond acceptors (Lipinski definition) is 4. The first-order valence-corrected chi connectivity index (χ1v) is 6.33. The number of carbonyl (C=O) groups is 1. The van der Waals surface area contributed by atoms with E-state index in [2.05, 4.69) is 0 Å². The predicted octanol–water partition coefficient (Wildman–Crippen LogP) is 3.52. The largest absolute Gasteiger partial charge is 0.504 e. The van der Waals surface area contributed by atoms with Gasteiger partial charge in [-0.25, -0.2) is 0 Å². The average molecular weight is 274 g/mol. The van der Waals surface area contributed by atoms with Gasteiger partial charge in [0.1, 0.15) is 17.1 Å². The number of furan rings is 2. The maximum atomic E-state index is 10.8. The summed E-state index contributed by atoms with van der Waals surface area (Å²) in [6.45, 7) is 3.57. The minimum Gasteiger partial charge on any atom is -0.504 e. The first-order valence-electron chi connectivity index (χ1n) is 6.33. The molecule has 0 bridgehead atoms.